The Morgan fingerprint density at radius 2 is 2.05 bits per heavy atom. The molecule has 20 heavy (non-hydrogen) atoms. The number of fused-ring (bicyclic) bond motifs is 2. The van der Waals surface area contributed by atoms with Crippen LogP contribution in [0.5, 0.6) is 0 Å². The summed E-state index contributed by atoms with van der Waals surface area (Å²) < 4.78 is 24.6. The van der Waals surface area contributed by atoms with E-state index in [-0.39, 0.29) is 11.1 Å². The molecule has 0 aromatic carbocycles. The molecule has 5 atom stereocenters. The number of rotatable bonds is 4. The summed E-state index contributed by atoms with van der Waals surface area (Å²) in [6.07, 6.45) is 3.87. The molecule has 5 unspecified atom stereocenters. The van der Waals surface area contributed by atoms with E-state index in [1.165, 1.54) is 19.3 Å². The van der Waals surface area contributed by atoms with Crippen molar-refractivity contribution in [3.05, 3.63) is 0 Å². The third kappa shape index (κ3) is 2.64. The van der Waals surface area contributed by atoms with Crippen LogP contribution in [-0.4, -0.2) is 55.1 Å². The molecule has 6 heteroatoms. The summed E-state index contributed by atoms with van der Waals surface area (Å²) in [5.41, 5.74) is 6.39. The van der Waals surface area contributed by atoms with Crippen LogP contribution in [0, 0.1) is 17.8 Å². The maximum atomic E-state index is 12.3. The zero-order valence-corrected chi connectivity index (χ0v) is 13.8. The van der Waals surface area contributed by atoms with Crippen molar-refractivity contribution in [3.8, 4) is 0 Å². The van der Waals surface area contributed by atoms with Gasteiger partial charge >= 0.3 is 0 Å². The Bertz CT molecular complexity index is 452. The van der Waals surface area contributed by atoms with E-state index >= 15 is 0 Å². The van der Waals surface area contributed by atoms with Crippen molar-refractivity contribution in [2.75, 3.05) is 30.3 Å². The summed E-state index contributed by atoms with van der Waals surface area (Å²) in [7, 11) is -2.98. The third-order valence-electron chi connectivity index (χ3n) is 5.61. The largest absolute Gasteiger partial charge is 0.327 e. The summed E-state index contributed by atoms with van der Waals surface area (Å²) in [4.78, 5) is 2.22. The smallest absolute Gasteiger partial charge is 0.166 e. The molecule has 0 spiro atoms. The van der Waals surface area contributed by atoms with Gasteiger partial charge in [-0.25, -0.2) is 8.42 Å². The van der Waals surface area contributed by atoms with Crippen LogP contribution < -0.4 is 5.73 Å². The van der Waals surface area contributed by atoms with Crippen molar-refractivity contribution >= 4 is 21.6 Å². The van der Waals surface area contributed by atoms with Crippen molar-refractivity contribution in [1.82, 2.24) is 4.90 Å². The molecule has 0 radical (unpaired) electrons. The van der Waals surface area contributed by atoms with E-state index < -0.39 is 9.84 Å². The lowest BCUT2D eigenvalue weighted by Gasteiger charge is -2.39. The topological polar surface area (TPSA) is 63.4 Å². The highest BCUT2D eigenvalue weighted by Crippen LogP contribution is 2.48. The van der Waals surface area contributed by atoms with Crippen molar-refractivity contribution in [2.24, 2.45) is 23.5 Å². The average Bonchev–Trinajstić information content (AvgIpc) is 3.03. The number of thioether (sulfide) groups is 1. The first kappa shape index (κ1) is 15.1. The summed E-state index contributed by atoms with van der Waals surface area (Å²) >= 11 is 1.77. The van der Waals surface area contributed by atoms with Crippen LogP contribution in [0.1, 0.15) is 26.2 Å². The minimum Gasteiger partial charge on any atom is -0.327 e. The van der Waals surface area contributed by atoms with Gasteiger partial charge in [0.25, 0.3) is 0 Å². The fourth-order valence-electron chi connectivity index (χ4n) is 4.34. The molecular formula is C14H26N2O2S2. The van der Waals surface area contributed by atoms with Crippen LogP contribution in [0.3, 0.4) is 0 Å². The van der Waals surface area contributed by atoms with E-state index in [0.717, 1.165) is 30.5 Å². The zero-order chi connectivity index (χ0) is 14.3. The monoisotopic (exact) mass is 318 g/mol. The SMILES string of the molecule is CCS(=O)(=O)C1CSCCN1CC1C2CCC(C2)C1N. The minimum atomic E-state index is -2.98. The molecule has 2 bridgehead atoms. The van der Waals surface area contributed by atoms with E-state index in [1.807, 2.05) is 0 Å². The van der Waals surface area contributed by atoms with E-state index in [4.69, 9.17) is 5.73 Å². The van der Waals surface area contributed by atoms with E-state index in [0.29, 0.717) is 17.9 Å². The average molecular weight is 319 g/mol. The van der Waals surface area contributed by atoms with Crippen LogP contribution in [0.4, 0.5) is 0 Å². The Labute approximate surface area is 126 Å². The molecule has 2 saturated carbocycles. The molecule has 3 fully saturated rings. The number of hydrogen-bond acceptors (Lipinski definition) is 5. The van der Waals surface area contributed by atoms with Gasteiger partial charge < -0.3 is 5.73 Å². The predicted octanol–water partition coefficient (Wildman–Crippen LogP) is 1.17. The normalized spacial score (nSPS) is 42.2. The van der Waals surface area contributed by atoms with Gasteiger partial charge in [0.1, 0.15) is 5.37 Å². The Morgan fingerprint density at radius 3 is 2.70 bits per heavy atom. The maximum absolute atomic E-state index is 12.3. The molecule has 3 aliphatic rings. The first-order chi connectivity index (χ1) is 9.53. The molecule has 2 N–H and O–H groups in total. The van der Waals surface area contributed by atoms with Crippen LogP contribution in [-0.2, 0) is 9.84 Å². The number of sulfone groups is 1. The molecule has 0 aromatic heterocycles. The zero-order valence-electron chi connectivity index (χ0n) is 12.2. The summed E-state index contributed by atoms with van der Waals surface area (Å²) in [6.45, 7) is 3.55. The van der Waals surface area contributed by atoms with Gasteiger partial charge in [-0.1, -0.05) is 6.92 Å². The second kappa shape index (κ2) is 5.78. The fourth-order valence-corrected chi connectivity index (χ4v) is 7.44. The number of nitrogens with zero attached hydrogens (tertiary/aromatic N) is 1. The quantitative estimate of drug-likeness (QED) is 0.843. The lowest BCUT2D eigenvalue weighted by atomic mass is 9.84. The van der Waals surface area contributed by atoms with Crippen LogP contribution in [0.25, 0.3) is 0 Å². The Kier molecular flexibility index (Phi) is 4.37. The molecular weight excluding hydrogens is 292 g/mol. The second-order valence-electron chi connectivity index (χ2n) is 6.55. The highest BCUT2D eigenvalue weighted by atomic mass is 32.2. The lowest BCUT2D eigenvalue weighted by molar-refractivity contribution is 0.171. The molecule has 2 aliphatic carbocycles. The van der Waals surface area contributed by atoms with Gasteiger partial charge in [-0.15, -0.1) is 0 Å². The lowest BCUT2D eigenvalue weighted by Crippen LogP contribution is -2.52. The number of nitrogens with two attached hydrogens (primary N) is 1. The highest BCUT2D eigenvalue weighted by molar-refractivity contribution is 8.01. The van der Waals surface area contributed by atoms with Crippen LogP contribution in [0.2, 0.25) is 0 Å². The predicted molar refractivity (Wildman–Crippen MR) is 84.4 cm³/mol. The Balaban J connectivity index is 1.71. The first-order valence-electron chi connectivity index (χ1n) is 7.82. The second-order valence-corrected chi connectivity index (χ2v) is 10.1. The number of hydrogen-bond donors (Lipinski definition) is 1. The molecule has 116 valence electrons. The molecule has 1 heterocycles. The van der Waals surface area contributed by atoms with Crippen LogP contribution in [0.15, 0.2) is 0 Å². The highest BCUT2D eigenvalue weighted by Gasteiger charge is 2.47. The van der Waals surface area contributed by atoms with Crippen molar-refractivity contribution < 1.29 is 8.42 Å². The van der Waals surface area contributed by atoms with Gasteiger partial charge in [0, 0.05) is 36.4 Å². The molecule has 0 amide bonds. The van der Waals surface area contributed by atoms with Crippen LogP contribution >= 0.6 is 11.8 Å². The van der Waals surface area contributed by atoms with E-state index in [2.05, 4.69) is 4.90 Å². The van der Waals surface area contributed by atoms with Crippen molar-refractivity contribution in [3.63, 3.8) is 0 Å². The summed E-state index contributed by atoms with van der Waals surface area (Å²) in [5, 5.41) is -0.280. The van der Waals surface area contributed by atoms with Gasteiger partial charge in [-0.3, -0.25) is 4.90 Å². The summed E-state index contributed by atoms with van der Waals surface area (Å²) in [5.74, 6) is 3.99. The molecule has 1 aliphatic heterocycles. The Hall–Kier alpha value is 0.220. The Morgan fingerprint density at radius 1 is 1.30 bits per heavy atom. The summed E-state index contributed by atoms with van der Waals surface area (Å²) in [6, 6.07) is 0.299. The maximum Gasteiger partial charge on any atom is 0.166 e. The van der Waals surface area contributed by atoms with Crippen molar-refractivity contribution in [2.45, 2.75) is 37.6 Å². The fraction of sp³-hybridized carbons (Fsp3) is 1.00. The van der Waals surface area contributed by atoms with E-state index in [1.54, 1.807) is 18.7 Å². The van der Waals surface area contributed by atoms with E-state index in [9.17, 15) is 8.42 Å². The molecule has 1 saturated heterocycles. The molecule has 4 nitrogen and oxygen atoms in total. The standard InChI is InChI=1S/C14H26N2O2S2/c1-2-20(17,18)13-9-19-6-5-16(13)8-12-10-3-4-11(7-10)14(12)15/h10-14H,2-9,15H2,1H3. The van der Waals surface area contributed by atoms with Gasteiger partial charge in [0.2, 0.25) is 0 Å². The van der Waals surface area contributed by atoms with Gasteiger partial charge in [-0.05, 0) is 37.0 Å². The molecule has 0 aromatic rings. The molecule has 3 rings (SSSR count). The minimum absolute atomic E-state index is 0.248. The van der Waals surface area contributed by atoms with Gasteiger partial charge in [0.15, 0.2) is 9.84 Å². The van der Waals surface area contributed by atoms with Gasteiger partial charge in [0.05, 0.1) is 0 Å². The van der Waals surface area contributed by atoms with Crippen molar-refractivity contribution in [1.29, 1.82) is 0 Å². The first-order valence-corrected chi connectivity index (χ1v) is 10.7. The van der Waals surface area contributed by atoms with Gasteiger partial charge in [-0.2, -0.15) is 11.8 Å². The third-order valence-corrected chi connectivity index (χ3v) is 8.94.